The molecule has 0 aromatic heterocycles. The van der Waals surface area contributed by atoms with Gasteiger partial charge in [0.15, 0.2) is 23.1 Å². The standard InChI is InChI=1S/C11H13FO4/c1-6(13)4-7-10(14)8(12)5-9(15-2)11(7)16-3/h5,14H,4H2,1-3H3. The van der Waals surface area contributed by atoms with Gasteiger partial charge in [0.05, 0.1) is 19.8 Å². The van der Waals surface area contributed by atoms with Crippen LogP contribution < -0.4 is 9.47 Å². The molecule has 0 spiro atoms. The number of hydrogen-bond acceptors (Lipinski definition) is 4. The Balaban J connectivity index is 3.40. The molecule has 0 heterocycles. The quantitative estimate of drug-likeness (QED) is 0.851. The number of hydrogen-bond donors (Lipinski definition) is 1. The minimum Gasteiger partial charge on any atom is -0.505 e. The fourth-order valence-corrected chi connectivity index (χ4v) is 1.44. The molecule has 0 aliphatic heterocycles. The van der Waals surface area contributed by atoms with Crippen LogP contribution in [0.5, 0.6) is 17.2 Å². The van der Waals surface area contributed by atoms with Gasteiger partial charge >= 0.3 is 0 Å². The molecule has 0 saturated heterocycles. The lowest BCUT2D eigenvalue weighted by Gasteiger charge is -2.13. The summed E-state index contributed by atoms with van der Waals surface area (Å²) in [7, 11) is 2.71. The third kappa shape index (κ3) is 2.24. The highest BCUT2D eigenvalue weighted by Crippen LogP contribution is 2.39. The van der Waals surface area contributed by atoms with E-state index in [2.05, 4.69) is 0 Å². The molecule has 0 atom stereocenters. The van der Waals surface area contributed by atoms with Gasteiger partial charge in [-0.2, -0.15) is 0 Å². The topological polar surface area (TPSA) is 55.8 Å². The molecule has 1 aromatic rings. The number of ketones is 1. The van der Waals surface area contributed by atoms with Crippen LogP contribution in [0, 0.1) is 5.82 Å². The number of aromatic hydroxyl groups is 1. The third-order valence-corrected chi connectivity index (χ3v) is 2.12. The van der Waals surface area contributed by atoms with Crippen molar-refractivity contribution in [2.45, 2.75) is 13.3 Å². The third-order valence-electron chi connectivity index (χ3n) is 2.12. The summed E-state index contributed by atoms with van der Waals surface area (Å²) in [4.78, 5) is 11.0. The zero-order chi connectivity index (χ0) is 12.3. The minimum absolute atomic E-state index is 0.104. The second-order valence-corrected chi connectivity index (χ2v) is 3.30. The fraction of sp³-hybridized carbons (Fsp3) is 0.364. The van der Waals surface area contributed by atoms with Crippen molar-refractivity contribution in [3.63, 3.8) is 0 Å². The molecule has 0 aliphatic rings. The Morgan fingerprint density at radius 2 is 2.06 bits per heavy atom. The van der Waals surface area contributed by atoms with Gasteiger partial charge in [-0.3, -0.25) is 4.79 Å². The molecule has 0 bridgehead atoms. The molecule has 5 heteroatoms. The molecule has 1 rings (SSSR count). The van der Waals surface area contributed by atoms with Gasteiger partial charge in [0.2, 0.25) is 0 Å². The van der Waals surface area contributed by atoms with Crippen LogP contribution in [-0.2, 0) is 11.2 Å². The van der Waals surface area contributed by atoms with Crippen molar-refractivity contribution >= 4 is 5.78 Å². The Kier molecular flexibility index (Phi) is 3.71. The Bertz CT molecular complexity index is 415. The molecular formula is C11H13FO4. The summed E-state index contributed by atoms with van der Waals surface area (Å²) in [6.45, 7) is 1.34. The molecule has 16 heavy (non-hydrogen) atoms. The van der Waals surface area contributed by atoms with Crippen molar-refractivity contribution < 1.29 is 23.8 Å². The van der Waals surface area contributed by atoms with Gasteiger partial charge in [0.25, 0.3) is 0 Å². The first kappa shape index (κ1) is 12.3. The van der Waals surface area contributed by atoms with E-state index in [1.807, 2.05) is 0 Å². The predicted octanol–water partition coefficient (Wildman–Crippen LogP) is 1.68. The van der Waals surface area contributed by atoms with Gasteiger partial charge in [-0.05, 0) is 6.92 Å². The van der Waals surface area contributed by atoms with E-state index in [0.717, 1.165) is 6.07 Å². The largest absolute Gasteiger partial charge is 0.505 e. The highest BCUT2D eigenvalue weighted by atomic mass is 19.1. The average Bonchev–Trinajstić information content (AvgIpc) is 2.23. The number of ether oxygens (including phenoxy) is 2. The molecule has 0 aliphatic carbocycles. The SMILES string of the molecule is COc1cc(F)c(O)c(CC(C)=O)c1OC. The first-order chi connectivity index (χ1) is 7.51. The Morgan fingerprint density at radius 1 is 1.44 bits per heavy atom. The zero-order valence-electron chi connectivity index (χ0n) is 9.33. The molecule has 1 N–H and O–H groups in total. The first-order valence-electron chi connectivity index (χ1n) is 4.63. The maximum atomic E-state index is 13.3. The van der Waals surface area contributed by atoms with E-state index in [-0.39, 0.29) is 29.3 Å². The summed E-state index contributed by atoms with van der Waals surface area (Å²) in [5.74, 6) is -1.30. The van der Waals surface area contributed by atoms with Crippen molar-refractivity contribution in [3.8, 4) is 17.2 Å². The first-order valence-corrected chi connectivity index (χ1v) is 4.63. The van der Waals surface area contributed by atoms with Gasteiger partial charge in [0.1, 0.15) is 5.78 Å². The summed E-state index contributed by atoms with van der Waals surface area (Å²) < 4.78 is 23.2. The van der Waals surface area contributed by atoms with Crippen LogP contribution in [0.2, 0.25) is 0 Å². The molecule has 0 amide bonds. The Hall–Kier alpha value is -1.78. The van der Waals surface area contributed by atoms with Crippen LogP contribution in [0.4, 0.5) is 4.39 Å². The van der Waals surface area contributed by atoms with Crippen LogP contribution >= 0.6 is 0 Å². The number of halogens is 1. The summed E-state index contributed by atoms with van der Waals surface area (Å²) in [6.07, 6.45) is -0.108. The number of methoxy groups -OCH3 is 2. The van der Waals surface area contributed by atoms with E-state index in [4.69, 9.17) is 9.47 Å². The van der Waals surface area contributed by atoms with Crippen molar-refractivity contribution in [2.75, 3.05) is 14.2 Å². The summed E-state index contributed by atoms with van der Waals surface area (Å²) in [5, 5.41) is 9.52. The smallest absolute Gasteiger partial charge is 0.169 e. The Labute approximate surface area is 92.6 Å². The predicted molar refractivity (Wildman–Crippen MR) is 55.6 cm³/mol. The molecule has 4 nitrogen and oxygen atoms in total. The van der Waals surface area contributed by atoms with Crippen LogP contribution in [0.1, 0.15) is 12.5 Å². The van der Waals surface area contributed by atoms with Gasteiger partial charge in [0, 0.05) is 12.5 Å². The van der Waals surface area contributed by atoms with Crippen molar-refractivity contribution in [3.05, 3.63) is 17.4 Å². The lowest BCUT2D eigenvalue weighted by molar-refractivity contribution is -0.116. The van der Waals surface area contributed by atoms with E-state index in [9.17, 15) is 14.3 Å². The van der Waals surface area contributed by atoms with E-state index >= 15 is 0 Å². The number of Topliss-reactive ketones (excluding diaryl/α,β-unsaturated/α-hetero) is 1. The van der Waals surface area contributed by atoms with Gasteiger partial charge in [-0.25, -0.2) is 4.39 Å². The highest BCUT2D eigenvalue weighted by Gasteiger charge is 2.20. The van der Waals surface area contributed by atoms with Crippen LogP contribution in [0.3, 0.4) is 0 Å². The number of phenols is 1. The van der Waals surface area contributed by atoms with E-state index < -0.39 is 11.6 Å². The molecule has 1 aromatic carbocycles. The second kappa shape index (κ2) is 4.83. The number of phenolic OH excluding ortho intramolecular Hbond substituents is 1. The number of carbonyl (C=O) groups is 1. The average molecular weight is 228 g/mol. The molecule has 0 saturated carbocycles. The molecule has 0 radical (unpaired) electrons. The molecule has 0 unspecified atom stereocenters. The van der Waals surface area contributed by atoms with Gasteiger partial charge in [-0.1, -0.05) is 0 Å². The van der Waals surface area contributed by atoms with E-state index in [1.165, 1.54) is 21.1 Å². The molecule has 88 valence electrons. The molecule has 0 fully saturated rings. The van der Waals surface area contributed by atoms with Crippen molar-refractivity contribution in [1.82, 2.24) is 0 Å². The fourth-order valence-electron chi connectivity index (χ4n) is 1.44. The minimum atomic E-state index is -0.839. The van der Waals surface area contributed by atoms with Crippen LogP contribution in [0.25, 0.3) is 0 Å². The normalized spacial score (nSPS) is 10.0. The number of rotatable bonds is 4. The summed E-state index contributed by atoms with van der Waals surface area (Å²) in [6, 6.07) is 1.01. The van der Waals surface area contributed by atoms with Gasteiger partial charge < -0.3 is 14.6 Å². The van der Waals surface area contributed by atoms with Crippen LogP contribution in [0.15, 0.2) is 6.07 Å². The monoisotopic (exact) mass is 228 g/mol. The van der Waals surface area contributed by atoms with Crippen molar-refractivity contribution in [1.29, 1.82) is 0 Å². The Morgan fingerprint density at radius 3 is 2.50 bits per heavy atom. The molecular weight excluding hydrogens is 215 g/mol. The van der Waals surface area contributed by atoms with E-state index in [0.29, 0.717) is 0 Å². The second-order valence-electron chi connectivity index (χ2n) is 3.30. The maximum Gasteiger partial charge on any atom is 0.169 e. The van der Waals surface area contributed by atoms with Crippen molar-refractivity contribution in [2.24, 2.45) is 0 Å². The van der Waals surface area contributed by atoms with Gasteiger partial charge in [-0.15, -0.1) is 0 Å². The number of benzene rings is 1. The summed E-state index contributed by atoms with van der Waals surface area (Å²) in [5.41, 5.74) is 0.104. The lowest BCUT2D eigenvalue weighted by atomic mass is 10.1. The lowest BCUT2D eigenvalue weighted by Crippen LogP contribution is -2.03. The highest BCUT2D eigenvalue weighted by molar-refractivity contribution is 5.80. The maximum absolute atomic E-state index is 13.3. The van der Waals surface area contributed by atoms with Crippen LogP contribution in [-0.4, -0.2) is 25.1 Å². The summed E-state index contributed by atoms with van der Waals surface area (Å²) >= 11 is 0. The van der Waals surface area contributed by atoms with E-state index in [1.54, 1.807) is 0 Å². The zero-order valence-corrected chi connectivity index (χ0v) is 9.33. The number of carbonyl (C=O) groups excluding carboxylic acids is 1.